The van der Waals surface area contributed by atoms with E-state index in [1.165, 1.54) is 0 Å². The molecule has 0 saturated heterocycles. The van der Waals surface area contributed by atoms with E-state index in [2.05, 4.69) is 50.9 Å². The lowest BCUT2D eigenvalue weighted by Crippen LogP contribution is -2.50. The van der Waals surface area contributed by atoms with Crippen LogP contribution in [0.1, 0.15) is 34.6 Å². The van der Waals surface area contributed by atoms with Crippen molar-refractivity contribution >= 4 is 17.4 Å². The molecule has 4 nitrogen and oxygen atoms in total. The van der Waals surface area contributed by atoms with Crippen LogP contribution >= 0.6 is 0 Å². The SMILES string of the molecule is CC(C)N1CCN(C(=O)NCC(C)(C)C)c2ccccc21. The highest BCUT2D eigenvalue weighted by atomic mass is 16.2. The second kappa shape index (κ2) is 5.96. The first-order valence-electron chi connectivity index (χ1n) is 7.70. The van der Waals surface area contributed by atoms with E-state index in [1.54, 1.807) is 0 Å². The summed E-state index contributed by atoms with van der Waals surface area (Å²) >= 11 is 0. The number of nitrogens with one attached hydrogen (secondary N) is 1. The van der Waals surface area contributed by atoms with Crippen LogP contribution in [0, 0.1) is 5.41 Å². The van der Waals surface area contributed by atoms with Crippen molar-refractivity contribution in [3.63, 3.8) is 0 Å². The van der Waals surface area contributed by atoms with Gasteiger partial charge in [-0.15, -0.1) is 0 Å². The fourth-order valence-corrected chi connectivity index (χ4v) is 2.57. The van der Waals surface area contributed by atoms with Crippen LogP contribution in [-0.2, 0) is 0 Å². The first-order chi connectivity index (χ1) is 9.79. The van der Waals surface area contributed by atoms with Gasteiger partial charge in [-0.3, -0.25) is 4.90 Å². The summed E-state index contributed by atoms with van der Waals surface area (Å²) in [6.07, 6.45) is 0. The van der Waals surface area contributed by atoms with Gasteiger partial charge in [0.2, 0.25) is 0 Å². The third-order valence-electron chi connectivity index (χ3n) is 3.68. The Balaban J connectivity index is 2.19. The van der Waals surface area contributed by atoms with Gasteiger partial charge in [0.25, 0.3) is 0 Å². The van der Waals surface area contributed by atoms with E-state index in [-0.39, 0.29) is 11.4 Å². The van der Waals surface area contributed by atoms with Crippen molar-refractivity contribution in [1.82, 2.24) is 5.32 Å². The van der Waals surface area contributed by atoms with E-state index in [0.29, 0.717) is 12.6 Å². The quantitative estimate of drug-likeness (QED) is 0.904. The van der Waals surface area contributed by atoms with Gasteiger partial charge in [0.05, 0.1) is 11.4 Å². The Hall–Kier alpha value is -1.71. The molecule has 0 atom stereocenters. The Kier molecular flexibility index (Phi) is 4.45. The summed E-state index contributed by atoms with van der Waals surface area (Å²) in [6.45, 7) is 13.0. The maximum Gasteiger partial charge on any atom is 0.322 e. The van der Waals surface area contributed by atoms with Crippen LogP contribution in [0.15, 0.2) is 24.3 Å². The van der Waals surface area contributed by atoms with Crippen LogP contribution in [0.4, 0.5) is 16.2 Å². The average Bonchev–Trinajstić information content (AvgIpc) is 2.42. The molecular formula is C17H27N3O. The molecule has 0 fully saturated rings. The van der Waals surface area contributed by atoms with Gasteiger partial charge in [0.1, 0.15) is 0 Å². The highest BCUT2D eigenvalue weighted by Gasteiger charge is 2.28. The Bertz CT molecular complexity index is 505. The predicted octanol–water partition coefficient (Wildman–Crippen LogP) is 3.48. The van der Waals surface area contributed by atoms with Gasteiger partial charge in [0.15, 0.2) is 0 Å². The first-order valence-corrected chi connectivity index (χ1v) is 7.70. The summed E-state index contributed by atoms with van der Waals surface area (Å²) in [5, 5.41) is 3.05. The molecule has 0 aromatic heterocycles. The molecule has 1 aliphatic rings. The normalized spacial score (nSPS) is 15.1. The third kappa shape index (κ3) is 3.69. The highest BCUT2D eigenvalue weighted by Crippen LogP contribution is 2.33. The second-order valence-electron chi connectivity index (χ2n) is 7.15. The molecule has 0 radical (unpaired) electrons. The van der Waals surface area contributed by atoms with Crippen molar-refractivity contribution in [3.05, 3.63) is 24.3 Å². The minimum atomic E-state index is 0.000723. The summed E-state index contributed by atoms with van der Waals surface area (Å²) < 4.78 is 0. The molecule has 1 aromatic carbocycles. The Labute approximate surface area is 128 Å². The summed E-state index contributed by atoms with van der Waals surface area (Å²) in [5.74, 6) is 0. The summed E-state index contributed by atoms with van der Waals surface area (Å²) in [5.41, 5.74) is 2.24. The molecule has 0 spiro atoms. The van der Waals surface area contributed by atoms with Gasteiger partial charge in [-0.25, -0.2) is 4.79 Å². The molecule has 0 unspecified atom stereocenters. The monoisotopic (exact) mass is 289 g/mol. The number of benzene rings is 1. The number of carbonyl (C=O) groups excluding carboxylic acids is 1. The summed E-state index contributed by atoms with van der Waals surface area (Å²) in [7, 11) is 0. The lowest BCUT2D eigenvalue weighted by molar-refractivity contribution is 0.241. The number of anilines is 2. The van der Waals surface area contributed by atoms with Crippen LogP contribution in [0.3, 0.4) is 0 Å². The molecule has 1 heterocycles. The highest BCUT2D eigenvalue weighted by molar-refractivity contribution is 5.96. The lowest BCUT2D eigenvalue weighted by atomic mass is 9.97. The van der Waals surface area contributed by atoms with Gasteiger partial charge in [-0.1, -0.05) is 32.9 Å². The molecule has 21 heavy (non-hydrogen) atoms. The first kappa shape index (κ1) is 15.7. The van der Waals surface area contributed by atoms with Crippen molar-refractivity contribution < 1.29 is 4.79 Å². The molecule has 116 valence electrons. The maximum absolute atomic E-state index is 12.5. The molecule has 4 heteroatoms. The van der Waals surface area contributed by atoms with Crippen LogP contribution in [-0.4, -0.2) is 31.7 Å². The molecule has 0 bridgehead atoms. The van der Waals surface area contributed by atoms with Crippen molar-refractivity contribution in [2.75, 3.05) is 29.4 Å². The molecular weight excluding hydrogens is 262 g/mol. The molecule has 2 amide bonds. The van der Waals surface area contributed by atoms with Crippen LogP contribution in [0.25, 0.3) is 0 Å². The van der Waals surface area contributed by atoms with E-state index >= 15 is 0 Å². The lowest BCUT2D eigenvalue weighted by Gasteiger charge is -2.40. The van der Waals surface area contributed by atoms with E-state index in [4.69, 9.17) is 0 Å². The molecule has 0 aliphatic carbocycles. The number of para-hydroxylation sites is 2. The number of urea groups is 1. The largest absolute Gasteiger partial charge is 0.366 e. The summed E-state index contributed by atoms with van der Waals surface area (Å²) in [6, 6.07) is 8.59. The van der Waals surface area contributed by atoms with Gasteiger partial charge in [0, 0.05) is 25.7 Å². The minimum Gasteiger partial charge on any atom is -0.366 e. The topological polar surface area (TPSA) is 35.6 Å². The van der Waals surface area contributed by atoms with Crippen LogP contribution in [0.2, 0.25) is 0 Å². The van der Waals surface area contributed by atoms with Crippen molar-refractivity contribution in [3.8, 4) is 0 Å². The van der Waals surface area contributed by atoms with E-state index in [0.717, 1.165) is 24.5 Å². The van der Waals surface area contributed by atoms with Gasteiger partial charge in [-0.2, -0.15) is 0 Å². The molecule has 0 saturated carbocycles. The van der Waals surface area contributed by atoms with Crippen molar-refractivity contribution in [1.29, 1.82) is 0 Å². The molecule has 2 rings (SSSR count). The van der Waals surface area contributed by atoms with Gasteiger partial charge < -0.3 is 10.2 Å². The number of hydrogen-bond acceptors (Lipinski definition) is 2. The smallest absolute Gasteiger partial charge is 0.322 e. The average molecular weight is 289 g/mol. The number of nitrogens with zero attached hydrogens (tertiary/aromatic N) is 2. The number of amides is 2. The van der Waals surface area contributed by atoms with Gasteiger partial charge in [-0.05, 0) is 31.4 Å². The number of hydrogen-bond donors (Lipinski definition) is 1. The van der Waals surface area contributed by atoms with Crippen LogP contribution in [0.5, 0.6) is 0 Å². The maximum atomic E-state index is 12.5. The molecule has 1 aliphatic heterocycles. The van der Waals surface area contributed by atoms with Crippen molar-refractivity contribution in [2.24, 2.45) is 5.41 Å². The number of fused-ring (bicyclic) bond motifs is 1. The Morgan fingerprint density at radius 1 is 1.19 bits per heavy atom. The Morgan fingerprint density at radius 2 is 1.81 bits per heavy atom. The zero-order chi connectivity index (χ0) is 15.6. The summed E-state index contributed by atoms with van der Waals surface area (Å²) in [4.78, 5) is 16.7. The zero-order valence-corrected chi connectivity index (χ0v) is 13.8. The predicted molar refractivity (Wildman–Crippen MR) is 89.1 cm³/mol. The Morgan fingerprint density at radius 3 is 2.38 bits per heavy atom. The number of rotatable bonds is 2. The van der Waals surface area contributed by atoms with Crippen molar-refractivity contribution in [2.45, 2.75) is 40.7 Å². The number of carbonyl (C=O) groups is 1. The zero-order valence-electron chi connectivity index (χ0n) is 13.8. The van der Waals surface area contributed by atoms with E-state index < -0.39 is 0 Å². The standard InChI is InChI=1S/C17H27N3O/c1-13(2)19-10-11-20(15-9-7-6-8-14(15)19)16(21)18-12-17(3,4)5/h6-9,13H,10-12H2,1-5H3,(H,18,21). The molecule has 1 N–H and O–H groups in total. The van der Waals surface area contributed by atoms with Gasteiger partial charge >= 0.3 is 6.03 Å². The fourth-order valence-electron chi connectivity index (χ4n) is 2.57. The van der Waals surface area contributed by atoms with E-state index in [1.807, 2.05) is 23.1 Å². The minimum absolute atomic E-state index is 0.000723. The molecule has 1 aromatic rings. The third-order valence-corrected chi connectivity index (χ3v) is 3.68. The second-order valence-corrected chi connectivity index (χ2v) is 7.15. The van der Waals surface area contributed by atoms with E-state index in [9.17, 15) is 4.79 Å². The van der Waals surface area contributed by atoms with Crippen LogP contribution < -0.4 is 15.1 Å². The fraction of sp³-hybridized carbons (Fsp3) is 0.588.